The van der Waals surface area contributed by atoms with Gasteiger partial charge in [-0.15, -0.1) is 0 Å². The minimum absolute atomic E-state index is 0.241. The zero-order chi connectivity index (χ0) is 12.1. The van der Waals surface area contributed by atoms with Crippen molar-refractivity contribution >= 4 is 0 Å². The van der Waals surface area contributed by atoms with Crippen LogP contribution in [0.5, 0.6) is 11.5 Å². The number of benzene rings is 1. The molecular formula is C13H21NO2. The van der Waals surface area contributed by atoms with E-state index in [9.17, 15) is 0 Å². The molecule has 0 aliphatic heterocycles. The molecule has 0 heterocycles. The Morgan fingerprint density at radius 1 is 1.06 bits per heavy atom. The first-order chi connectivity index (χ1) is 7.58. The second-order valence-corrected chi connectivity index (χ2v) is 4.15. The van der Waals surface area contributed by atoms with Crippen molar-refractivity contribution in [2.75, 3.05) is 14.2 Å². The Hall–Kier alpha value is -1.22. The molecule has 90 valence electrons. The maximum atomic E-state index is 5.35. The fourth-order valence-corrected chi connectivity index (χ4v) is 1.77. The summed E-state index contributed by atoms with van der Waals surface area (Å²) in [6.45, 7) is 6.38. The topological polar surface area (TPSA) is 30.5 Å². The van der Waals surface area contributed by atoms with Crippen molar-refractivity contribution in [2.45, 2.75) is 32.9 Å². The van der Waals surface area contributed by atoms with Crippen LogP contribution in [0, 0.1) is 0 Å². The number of hydrogen-bond acceptors (Lipinski definition) is 3. The molecule has 1 atom stereocenters. The third kappa shape index (κ3) is 3.14. The van der Waals surface area contributed by atoms with Gasteiger partial charge in [0.1, 0.15) is 11.5 Å². The molecular weight excluding hydrogens is 202 g/mol. The fraction of sp³-hybridized carbons (Fsp3) is 0.538. The van der Waals surface area contributed by atoms with Crippen LogP contribution in [0.2, 0.25) is 0 Å². The Morgan fingerprint density at radius 3 is 2.25 bits per heavy atom. The lowest BCUT2D eigenvalue weighted by Gasteiger charge is -2.20. The summed E-state index contributed by atoms with van der Waals surface area (Å²) >= 11 is 0. The highest BCUT2D eigenvalue weighted by atomic mass is 16.5. The Kier molecular flexibility index (Phi) is 4.62. The Morgan fingerprint density at radius 2 is 1.75 bits per heavy atom. The van der Waals surface area contributed by atoms with Gasteiger partial charge in [0.05, 0.1) is 14.2 Å². The molecule has 0 aromatic heterocycles. The van der Waals surface area contributed by atoms with Crippen LogP contribution in [0.15, 0.2) is 18.2 Å². The normalized spacial score (nSPS) is 12.6. The molecule has 0 aliphatic carbocycles. The highest BCUT2D eigenvalue weighted by Gasteiger charge is 2.13. The van der Waals surface area contributed by atoms with Gasteiger partial charge in [-0.2, -0.15) is 0 Å². The van der Waals surface area contributed by atoms with Crippen molar-refractivity contribution < 1.29 is 9.47 Å². The van der Waals surface area contributed by atoms with E-state index in [-0.39, 0.29) is 6.04 Å². The van der Waals surface area contributed by atoms with E-state index >= 15 is 0 Å². The molecule has 0 saturated carbocycles. The van der Waals surface area contributed by atoms with Crippen molar-refractivity contribution in [3.63, 3.8) is 0 Å². The molecule has 1 N–H and O–H groups in total. The molecule has 16 heavy (non-hydrogen) atoms. The summed E-state index contributed by atoms with van der Waals surface area (Å²) in [5.74, 6) is 1.75. The standard InChI is InChI=1S/C13H21NO2/c1-9(2)14-10(3)12-8-11(15-4)6-7-13(12)16-5/h6-10,14H,1-5H3. The average molecular weight is 223 g/mol. The lowest BCUT2D eigenvalue weighted by molar-refractivity contribution is 0.388. The van der Waals surface area contributed by atoms with Gasteiger partial charge in [-0.3, -0.25) is 0 Å². The molecule has 0 bridgehead atoms. The summed E-state index contributed by atoms with van der Waals surface area (Å²) in [5, 5.41) is 3.45. The van der Waals surface area contributed by atoms with Gasteiger partial charge in [0, 0.05) is 17.6 Å². The molecule has 1 aromatic carbocycles. The minimum atomic E-state index is 0.241. The first kappa shape index (κ1) is 12.8. The van der Waals surface area contributed by atoms with Crippen LogP contribution in [0.3, 0.4) is 0 Å². The lowest BCUT2D eigenvalue weighted by atomic mass is 10.1. The maximum Gasteiger partial charge on any atom is 0.123 e. The molecule has 1 aromatic rings. The quantitative estimate of drug-likeness (QED) is 0.832. The maximum absolute atomic E-state index is 5.35. The van der Waals surface area contributed by atoms with Gasteiger partial charge >= 0.3 is 0 Å². The van der Waals surface area contributed by atoms with E-state index in [4.69, 9.17) is 9.47 Å². The Labute approximate surface area is 97.8 Å². The van der Waals surface area contributed by atoms with E-state index in [1.807, 2.05) is 18.2 Å². The predicted molar refractivity (Wildman–Crippen MR) is 66.2 cm³/mol. The van der Waals surface area contributed by atoms with E-state index in [0.29, 0.717) is 6.04 Å². The summed E-state index contributed by atoms with van der Waals surface area (Å²) in [6, 6.07) is 6.53. The third-order valence-corrected chi connectivity index (χ3v) is 2.49. The second-order valence-electron chi connectivity index (χ2n) is 4.15. The molecule has 0 saturated heterocycles. The molecule has 3 nitrogen and oxygen atoms in total. The first-order valence-corrected chi connectivity index (χ1v) is 5.56. The number of hydrogen-bond donors (Lipinski definition) is 1. The molecule has 0 aliphatic rings. The first-order valence-electron chi connectivity index (χ1n) is 5.56. The van der Waals surface area contributed by atoms with Crippen molar-refractivity contribution in [3.05, 3.63) is 23.8 Å². The number of methoxy groups -OCH3 is 2. The van der Waals surface area contributed by atoms with Crippen molar-refractivity contribution in [1.29, 1.82) is 0 Å². The average Bonchev–Trinajstić information content (AvgIpc) is 2.27. The lowest BCUT2D eigenvalue weighted by Crippen LogP contribution is -2.26. The van der Waals surface area contributed by atoms with Crippen LogP contribution in [0.4, 0.5) is 0 Å². The van der Waals surface area contributed by atoms with Crippen molar-refractivity contribution in [2.24, 2.45) is 0 Å². The van der Waals surface area contributed by atoms with Crippen LogP contribution in [0.1, 0.15) is 32.4 Å². The van der Waals surface area contributed by atoms with Crippen LogP contribution >= 0.6 is 0 Å². The fourth-order valence-electron chi connectivity index (χ4n) is 1.77. The monoisotopic (exact) mass is 223 g/mol. The van der Waals surface area contributed by atoms with Crippen LogP contribution in [-0.4, -0.2) is 20.3 Å². The van der Waals surface area contributed by atoms with Gasteiger partial charge in [-0.25, -0.2) is 0 Å². The molecule has 0 spiro atoms. The summed E-state index contributed by atoms with van der Waals surface area (Å²) in [7, 11) is 3.36. The zero-order valence-electron chi connectivity index (χ0n) is 10.7. The van der Waals surface area contributed by atoms with Crippen LogP contribution in [-0.2, 0) is 0 Å². The molecule has 0 fully saturated rings. The van der Waals surface area contributed by atoms with E-state index in [0.717, 1.165) is 17.1 Å². The van der Waals surface area contributed by atoms with E-state index < -0.39 is 0 Å². The van der Waals surface area contributed by atoms with Gasteiger partial charge in [0.15, 0.2) is 0 Å². The molecule has 1 rings (SSSR count). The van der Waals surface area contributed by atoms with Gasteiger partial charge in [-0.1, -0.05) is 13.8 Å². The Balaban J connectivity index is 2.98. The number of rotatable bonds is 5. The summed E-state index contributed by atoms with van der Waals surface area (Å²) < 4.78 is 10.6. The molecule has 1 unspecified atom stereocenters. The SMILES string of the molecule is COc1ccc(OC)c(C(C)NC(C)C)c1. The molecule has 3 heteroatoms. The van der Waals surface area contributed by atoms with Gasteiger partial charge < -0.3 is 14.8 Å². The summed E-state index contributed by atoms with van der Waals surface area (Å²) in [4.78, 5) is 0. The smallest absolute Gasteiger partial charge is 0.123 e. The van der Waals surface area contributed by atoms with Crippen molar-refractivity contribution in [3.8, 4) is 11.5 Å². The van der Waals surface area contributed by atoms with E-state index in [1.165, 1.54) is 0 Å². The molecule has 0 amide bonds. The largest absolute Gasteiger partial charge is 0.497 e. The van der Waals surface area contributed by atoms with Gasteiger partial charge in [0.2, 0.25) is 0 Å². The highest BCUT2D eigenvalue weighted by molar-refractivity contribution is 5.42. The van der Waals surface area contributed by atoms with E-state index in [2.05, 4.69) is 26.1 Å². The zero-order valence-corrected chi connectivity index (χ0v) is 10.7. The third-order valence-electron chi connectivity index (χ3n) is 2.49. The second kappa shape index (κ2) is 5.75. The Bertz CT molecular complexity index is 337. The highest BCUT2D eigenvalue weighted by Crippen LogP contribution is 2.29. The van der Waals surface area contributed by atoms with Crippen LogP contribution < -0.4 is 14.8 Å². The van der Waals surface area contributed by atoms with Gasteiger partial charge in [0.25, 0.3) is 0 Å². The van der Waals surface area contributed by atoms with Crippen molar-refractivity contribution in [1.82, 2.24) is 5.32 Å². The molecule has 0 radical (unpaired) electrons. The number of nitrogens with one attached hydrogen (secondary N) is 1. The van der Waals surface area contributed by atoms with E-state index in [1.54, 1.807) is 14.2 Å². The summed E-state index contributed by atoms with van der Waals surface area (Å²) in [6.07, 6.45) is 0. The van der Waals surface area contributed by atoms with Crippen LogP contribution in [0.25, 0.3) is 0 Å². The number of ether oxygens (including phenoxy) is 2. The minimum Gasteiger partial charge on any atom is -0.497 e. The predicted octanol–water partition coefficient (Wildman–Crippen LogP) is 2.76. The summed E-state index contributed by atoms with van der Waals surface area (Å²) in [5.41, 5.74) is 1.12. The van der Waals surface area contributed by atoms with Gasteiger partial charge in [-0.05, 0) is 25.1 Å².